The van der Waals surface area contributed by atoms with Crippen molar-refractivity contribution in [3.8, 4) is 0 Å². The summed E-state index contributed by atoms with van der Waals surface area (Å²) >= 11 is 3.41. The molecule has 1 aromatic heterocycles. The highest BCUT2D eigenvalue weighted by molar-refractivity contribution is 9.09. The van der Waals surface area contributed by atoms with Crippen molar-refractivity contribution in [2.75, 3.05) is 5.33 Å². The average Bonchev–Trinajstić information content (AvgIpc) is 2.30. The van der Waals surface area contributed by atoms with E-state index >= 15 is 0 Å². The number of nitrogens with zero attached hydrogens (tertiary/aromatic N) is 1. The second-order valence-electron chi connectivity index (χ2n) is 3.30. The minimum Gasteiger partial charge on any atom is -0.256 e. The third-order valence-corrected chi connectivity index (χ3v) is 2.69. The third-order valence-electron chi connectivity index (χ3n) is 2.24. The summed E-state index contributed by atoms with van der Waals surface area (Å²) in [5, 5.41) is 2.19. The van der Waals surface area contributed by atoms with Gasteiger partial charge in [-0.25, -0.2) is 0 Å². The van der Waals surface area contributed by atoms with E-state index in [1.54, 1.807) is 0 Å². The van der Waals surface area contributed by atoms with Gasteiger partial charge >= 0.3 is 0 Å². The first-order valence-corrected chi connectivity index (χ1v) is 6.10. The molecule has 0 fully saturated rings. The molecule has 76 valence electrons. The molecule has 0 N–H and O–H groups in total. The summed E-state index contributed by atoms with van der Waals surface area (Å²) in [4.78, 5) is 4.40. The van der Waals surface area contributed by atoms with Crippen LogP contribution in [0.5, 0.6) is 0 Å². The first-order valence-electron chi connectivity index (χ1n) is 4.98. The molecule has 15 heavy (non-hydrogen) atoms. The van der Waals surface area contributed by atoms with Crippen molar-refractivity contribution in [3.63, 3.8) is 0 Å². The van der Waals surface area contributed by atoms with Crippen LogP contribution in [0.15, 0.2) is 42.6 Å². The van der Waals surface area contributed by atoms with Crippen LogP contribution in [-0.2, 0) is 0 Å². The number of benzene rings is 1. The molecule has 1 nitrogen and oxygen atoms in total. The van der Waals surface area contributed by atoms with E-state index in [0.717, 1.165) is 17.3 Å². The number of aromatic nitrogens is 1. The van der Waals surface area contributed by atoms with Gasteiger partial charge in [0.25, 0.3) is 0 Å². The number of para-hydroxylation sites is 1. The molecule has 1 aromatic carbocycles. The molecule has 2 aromatic rings. The van der Waals surface area contributed by atoms with Crippen molar-refractivity contribution in [2.45, 2.75) is 6.42 Å². The molecule has 1 heterocycles. The SMILES string of the molecule is BrCC/C=C/c1cccc2cccnc12. The van der Waals surface area contributed by atoms with Gasteiger partial charge in [0.1, 0.15) is 0 Å². The van der Waals surface area contributed by atoms with Crippen molar-refractivity contribution in [3.05, 3.63) is 48.2 Å². The van der Waals surface area contributed by atoms with Crippen LogP contribution in [0.25, 0.3) is 17.0 Å². The maximum atomic E-state index is 4.40. The van der Waals surface area contributed by atoms with E-state index < -0.39 is 0 Å². The summed E-state index contributed by atoms with van der Waals surface area (Å²) in [5.41, 5.74) is 2.26. The fraction of sp³-hybridized carbons (Fsp3) is 0.154. The van der Waals surface area contributed by atoms with Crippen molar-refractivity contribution < 1.29 is 0 Å². The highest BCUT2D eigenvalue weighted by Gasteiger charge is 1.96. The zero-order chi connectivity index (χ0) is 10.5. The molecule has 0 atom stereocenters. The third kappa shape index (κ3) is 2.45. The van der Waals surface area contributed by atoms with E-state index in [2.05, 4.69) is 57.3 Å². The number of halogens is 1. The molecule has 2 rings (SSSR count). The lowest BCUT2D eigenvalue weighted by molar-refractivity contribution is 1.27. The van der Waals surface area contributed by atoms with E-state index in [9.17, 15) is 0 Å². The minimum atomic E-state index is 1.00. The topological polar surface area (TPSA) is 12.9 Å². The fourth-order valence-electron chi connectivity index (χ4n) is 1.54. The average molecular weight is 262 g/mol. The molecule has 0 saturated carbocycles. The maximum absolute atomic E-state index is 4.40. The molecule has 0 unspecified atom stereocenters. The zero-order valence-corrected chi connectivity index (χ0v) is 9.94. The van der Waals surface area contributed by atoms with Gasteiger partial charge in [-0.3, -0.25) is 4.98 Å². The van der Waals surface area contributed by atoms with Gasteiger partial charge in [-0.1, -0.05) is 52.3 Å². The van der Waals surface area contributed by atoms with Crippen LogP contribution in [0, 0.1) is 0 Å². The molecule has 0 radical (unpaired) electrons. The van der Waals surface area contributed by atoms with Crippen molar-refractivity contribution in [2.24, 2.45) is 0 Å². The van der Waals surface area contributed by atoms with E-state index in [4.69, 9.17) is 0 Å². The molecule has 0 spiro atoms. The van der Waals surface area contributed by atoms with E-state index in [1.165, 1.54) is 10.9 Å². The lowest BCUT2D eigenvalue weighted by atomic mass is 10.1. The monoisotopic (exact) mass is 261 g/mol. The molecule has 0 aliphatic rings. The van der Waals surface area contributed by atoms with Crippen molar-refractivity contribution in [1.29, 1.82) is 0 Å². The summed E-state index contributed by atoms with van der Waals surface area (Å²) < 4.78 is 0. The number of hydrogen-bond acceptors (Lipinski definition) is 1. The van der Waals surface area contributed by atoms with Crippen molar-refractivity contribution in [1.82, 2.24) is 4.98 Å². The fourth-order valence-corrected chi connectivity index (χ4v) is 1.80. The Morgan fingerprint density at radius 3 is 2.93 bits per heavy atom. The lowest BCUT2D eigenvalue weighted by Crippen LogP contribution is -1.81. The zero-order valence-electron chi connectivity index (χ0n) is 8.36. The van der Waals surface area contributed by atoms with Crippen LogP contribution >= 0.6 is 15.9 Å². The van der Waals surface area contributed by atoms with E-state index in [1.807, 2.05) is 12.3 Å². The Labute approximate surface area is 98.0 Å². The summed E-state index contributed by atoms with van der Waals surface area (Å²) in [5.74, 6) is 0. The Bertz CT molecular complexity index is 471. The molecule has 2 heteroatoms. The first-order chi connectivity index (χ1) is 7.42. The van der Waals surface area contributed by atoms with Crippen molar-refractivity contribution >= 4 is 32.9 Å². The summed E-state index contributed by atoms with van der Waals surface area (Å²) in [6, 6.07) is 10.3. The Hall–Kier alpha value is -1.15. The first kappa shape index (κ1) is 10.4. The number of allylic oxidation sites excluding steroid dienone is 1. The molecule has 0 bridgehead atoms. The van der Waals surface area contributed by atoms with Crippen LogP contribution < -0.4 is 0 Å². The highest BCUT2D eigenvalue weighted by Crippen LogP contribution is 2.17. The largest absolute Gasteiger partial charge is 0.256 e. The van der Waals surface area contributed by atoms with Gasteiger partial charge in [0.05, 0.1) is 5.52 Å². The number of pyridine rings is 1. The normalized spacial score (nSPS) is 11.3. The van der Waals surface area contributed by atoms with Crippen LogP contribution in [-0.4, -0.2) is 10.3 Å². The molecule has 0 amide bonds. The van der Waals surface area contributed by atoms with Gasteiger partial charge in [0.2, 0.25) is 0 Å². The lowest BCUT2D eigenvalue weighted by Gasteiger charge is -1.99. The molecular formula is C13H12BrN. The van der Waals surface area contributed by atoms with E-state index in [0.29, 0.717) is 0 Å². The number of fused-ring (bicyclic) bond motifs is 1. The molecule has 0 saturated heterocycles. The number of rotatable bonds is 3. The standard InChI is InChI=1S/C13H12BrN/c14-9-2-1-5-11-6-3-7-12-8-4-10-15-13(11)12/h1,3-8,10H,2,9H2/b5-1+. The Morgan fingerprint density at radius 1 is 1.20 bits per heavy atom. The summed E-state index contributed by atoms with van der Waals surface area (Å²) in [6.07, 6.45) is 7.18. The minimum absolute atomic E-state index is 1.00. The summed E-state index contributed by atoms with van der Waals surface area (Å²) in [6.45, 7) is 0. The molecule has 0 aliphatic heterocycles. The van der Waals surface area contributed by atoms with Crippen LogP contribution in [0.1, 0.15) is 12.0 Å². The van der Waals surface area contributed by atoms with Crippen LogP contribution in [0.4, 0.5) is 0 Å². The molecule has 0 aliphatic carbocycles. The van der Waals surface area contributed by atoms with Crippen LogP contribution in [0.2, 0.25) is 0 Å². The number of hydrogen-bond donors (Lipinski definition) is 0. The number of alkyl halides is 1. The van der Waals surface area contributed by atoms with Crippen LogP contribution in [0.3, 0.4) is 0 Å². The quantitative estimate of drug-likeness (QED) is 0.761. The van der Waals surface area contributed by atoms with Gasteiger partial charge in [-0.15, -0.1) is 0 Å². The highest BCUT2D eigenvalue weighted by atomic mass is 79.9. The second kappa shape index (κ2) is 5.08. The van der Waals surface area contributed by atoms with Gasteiger partial charge in [-0.05, 0) is 12.5 Å². The predicted molar refractivity (Wildman–Crippen MR) is 69.2 cm³/mol. The Morgan fingerprint density at radius 2 is 2.07 bits per heavy atom. The molecular weight excluding hydrogens is 250 g/mol. The van der Waals surface area contributed by atoms with E-state index in [-0.39, 0.29) is 0 Å². The smallest absolute Gasteiger partial charge is 0.0774 e. The van der Waals surface area contributed by atoms with Gasteiger partial charge < -0.3 is 0 Å². The van der Waals surface area contributed by atoms with Gasteiger partial charge in [0.15, 0.2) is 0 Å². The Balaban J connectivity index is 2.42. The summed E-state index contributed by atoms with van der Waals surface area (Å²) in [7, 11) is 0. The predicted octanol–water partition coefficient (Wildman–Crippen LogP) is 4.03. The maximum Gasteiger partial charge on any atom is 0.0774 e. The second-order valence-corrected chi connectivity index (χ2v) is 4.10. The Kier molecular flexibility index (Phi) is 3.51. The van der Waals surface area contributed by atoms with Gasteiger partial charge in [0, 0.05) is 22.5 Å². The van der Waals surface area contributed by atoms with Gasteiger partial charge in [-0.2, -0.15) is 0 Å².